The van der Waals surface area contributed by atoms with Crippen molar-refractivity contribution in [3.63, 3.8) is 0 Å². The van der Waals surface area contributed by atoms with E-state index < -0.39 is 36.2 Å². The Hall–Kier alpha value is -0.400. The Labute approximate surface area is 201 Å². The number of aliphatic hydroxyl groups is 2. The molecule has 2 saturated carbocycles. The molecule has 30 heavy (non-hydrogen) atoms. The van der Waals surface area contributed by atoms with E-state index in [0.717, 1.165) is 19.3 Å². The van der Waals surface area contributed by atoms with E-state index in [-0.39, 0.29) is 53.3 Å². The van der Waals surface area contributed by atoms with Crippen LogP contribution in [-0.4, -0.2) is 40.7 Å². The quantitative estimate of drug-likeness (QED) is 0.379. The zero-order chi connectivity index (χ0) is 21.1. The number of unbranched alkanes of at least 4 members (excludes halogenated alkanes) is 1. The monoisotopic (exact) mass is 432 g/mol. The van der Waals surface area contributed by atoms with Crippen LogP contribution in [0.1, 0.15) is 58.8 Å². The van der Waals surface area contributed by atoms with Crippen LogP contribution in [0.25, 0.3) is 0 Å². The third-order valence-corrected chi connectivity index (χ3v) is 6.85. The number of carbonyl (C=O) groups is 1. The van der Waals surface area contributed by atoms with Gasteiger partial charge in [-0.05, 0) is 43.1 Å². The summed E-state index contributed by atoms with van der Waals surface area (Å²) in [6, 6.07) is 0. The fourth-order valence-corrected chi connectivity index (χ4v) is 5.02. The maximum Gasteiger partial charge on any atom is 1.00 e. The Bertz CT molecular complexity index is 633. The second-order valence-corrected chi connectivity index (χ2v) is 9.27. The van der Waals surface area contributed by atoms with Gasteiger partial charge in [0.1, 0.15) is 11.9 Å². The topological polar surface area (TPSA) is 89.8 Å². The van der Waals surface area contributed by atoms with Crippen LogP contribution in [0.2, 0.25) is 0 Å². The van der Waals surface area contributed by atoms with E-state index in [4.69, 9.17) is 4.74 Å². The molecule has 0 spiro atoms. The number of rotatable bonds is 9. The number of aliphatic carboxylic acids is 1. The molecule has 3 fully saturated rings. The molecule has 1 heterocycles. The molecule has 5 nitrogen and oxygen atoms in total. The van der Waals surface area contributed by atoms with Crippen LogP contribution in [0.15, 0.2) is 24.0 Å². The molecule has 7 heteroatoms. The average molecular weight is 433 g/mol. The van der Waals surface area contributed by atoms with Crippen molar-refractivity contribution in [1.29, 1.82) is 0 Å². The molecule has 3 aliphatic rings. The first-order chi connectivity index (χ1) is 13.8. The van der Waals surface area contributed by atoms with E-state index in [1.165, 1.54) is 0 Å². The molecule has 0 bridgehead atoms. The predicted molar refractivity (Wildman–Crippen MR) is 105 cm³/mol. The van der Waals surface area contributed by atoms with Crippen LogP contribution in [0.4, 0.5) is 4.39 Å². The van der Waals surface area contributed by atoms with Gasteiger partial charge in [-0.25, -0.2) is 4.39 Å². The molecule has 164 valence electrons. The molecule has 2 aliphatic carbocycles. The van der Waals surface area contributed by atoms with Crippen molar-refractivity contribution in [2.24, 2.45) is 29.6 Å². The molecular formula is C23H34FNaO5. The standard InChI is InChI=1S/C23H35FO5.Na/c1-3-4-5-13(2)8-16(25)6-7-17-18(26)12-19-21(17)22(24)20(29-19)11-14-9-15(10-14)23(27)28;/h6-7,11,13-19,21-22,25-26H,3-5,8-10,12H2,1-2H3,(H,27,28);/q;+1/p-1/b7-6+,20-11-;/t13-,14?,15?,16+,17-,18+,19-,21+,22-;/m0./s1. The third-order valence-electron chi connectivity index (χ3n) is 6.85. The van der Waals surface area contributed by atoms with Crippen molar-refractivity contribution in [3.05, 3.63) is 24.0 Å². The van der Waals surface area contributed by atoms with Gasteiger partial charge in [-0.3, -0.25) is 0 Å². The number of carbonyl (C=O) groups excluding carboxylic acids is 1. The summed E-state index contributed by atoms with van der Waals surface area (Å²) in [6.07, 6.45) is 7.53. The van der Waals surface area contributed by atoms with E-state index in [9.17, 15) is 20.1 Å². The number of fused-ring (bicyclic) bond motifs is 1. The fraction of sp³-hybridized carbons (Fsp3) is 0.783. The maximum absolute atomic E-state index is 15.1. The molecule has 0 unspecified atom stereocenters. The smallest absolute Gasteiger partial charge is 0.550 e. The van der Waals surface area contributed by atoms with Crippen molar-refractivity contribution < 1.29 is 58.8 Å². The summed E-state index contributed by atoms with van der Waals surface area (Å²) in [5.41, 5.74) is 0. The van der Waals surface area contributed by atoms with Crippen LogP contribution < -0.4 is 34.7 Å². The zero-order valence-corrected chi connectivity index (χ0v) is 20.4. The van der Waals surface area contributed by atoms with Crippen molar-refractivity contribution in [1.82, 2.24) is 0 Å². The van der Waals surface area contributed by atoms with Gasteiger partial charge in [0.2, 0.25) is 0 Å². The second kappa shape index (κ2) is 11.5. The van der Waals surface area contributed by atoms with E-state index in [1.54, 1.807) is 18.2 Å². The largest absolute Gasteiger partial charge is 1.00 e. The van der Waals surface area contributed by atoms with E-state index in [1.807, 2.05) is 0 Å². The second-order valence-electron chi connectivity index (χ2n) is 9.27. The van der Waals surface area contributed by atoms with Gasteiger partial charge in [0, 0.05) is 24.2 Å². The van der Waals surface area contributed by atoms with Gasteiger partial charge in [0.15, 0.2) is 6.17 Å². The minimum absolute atomic E-state index is 0. The molecule has 3 rings (SSSR count). The van der Waals surface area contributed by atoms with Gasteiger partial charge in [-0.2, -0.15) is 0 Å². The molecule has 0 aromatic heterocycles. The first kappa shape index (κ1) is 25.9. The van der Waals surface area contributed by atoms with E-state index in [2.05, 4.69) is 13.8 Å². The van der Waals surface area contributed by atoms with Crippen molar-refractivity contribution in [2.75, 3.05) is 0 Å². The number of aliphatic hydroxyl groups excluding tert-OH is 2. The van der Waals surface area contributed by atoms with Gasteiger partial charge in [-0.15, -0.1) is 0 Å². The minimum Gasteiger partial charge on any atom is -0.550 e. The third kappa shape index (κ3) is 6.10. The molecule has 2 N–H and O–H groups in total. The summed E-state index contributed by atoms with van der Waals surface area (Å²) in [7, 11) is 0. The maximum atomic E-state index is 15.1. The molecule has 7 atom stereocenters. The van der Waals surface area contributed by atoms with E-state index >= 15 is 4.39 Å². The summed E-state index contributed by atoms with van der Waals surface area (Å²) in [6.45, 7) is 4.27. The predicted octanol–water partition coefficient (Wildman–Crippen LogP) is -0.482. The van der Waals surface area contributed by atoms with Gasteiger partial charge >= 0.3 is 29.6 Å². The number of halogens is 1. The summed E-state index contributed by atoms with van der Waals surface area (Å²) in [5.74, 6) is -1.64. The number of hydrogen-bond acceptors (Lipinski definition) is 5. The molecule has 1 saturated heterocycles. The van der Waals surface area contributed by atoms with Gasteiger partial charge in [-0.1, -0.05) is 45.3 Å². The van der Waals surface area contributed by atoms with E-state index in [0.29, 0.717) is 31.6 Å². The Balaban J connectivity index is 0.00000320. The Morgan fingerprint density at radius 2 is 2.07 bits per heavy atom. The van der Waals surface area contributed by atoms with Crippen LogP contribution in [-0.2, 0) is 9.53 Å². The normalized spacial score (nSPS) is 38.6. The van der Waals surface area contributed by atoms with Crippen LogP contribution in [0.3, 0.4) is 0 Å². The number of alkyl halides is 1. The van der Waals surface area contributed by atoms with Crippen LogP contribution in [0, 0.1) is 29.6 Å². The minimum atomic E-state index is -1.31. The molecule has 1 aliphatic heterocycles. The number of allylic oxidation sites excluding steroid dienone is 2. The van der Waals surface area contributed by atoms with Crippen molar-refractivity contribution >= 4 is 5.97 Å². The van der Waals surface area contributed by atoms with Crippen molar-refractivity contribution in [3.8, 4) is 0 Å². The number of carboxylic acid groups (broad SMARTS) is 1. The zero-order valence-electron chi connectivity index (χ0n) is 18.4. The van der Waals surface area contributed by atoms with Gasteiger partial charge in [0.25, 0.3) is 0 Å². The summed E-state index contributed by atoms with van der Waals surface area (Å²) < 4.78 is 20.9. The van der Waals surface area contributed by atoms with Gasteiger partial charge < -0.3 is 24.9 Å². The Morgan fingerprint density at radius 1 is 1.37 bits per heavy atom. The Morgan fingerprint density at radius 3 is 2.70 bits per heavy atom. The SMILES string of the molecule is CCCC[C@H](C)C[C@H](O)/C=C/[C@@H]1[C@@H]2[C@H](C[C@H]1O)O/C(=C\C1CC(C(=O)[O-])C1)[C@@H]2F.[Na+]. The van der Waals surface area contributed by atoms with Crippen LogP contribution >= 0.6 is 0 Å². The Kier molecular flexibility index (Phi) is 9.88. The molecule has 0 radical (unpaired) electrons. The fourth-order valence-electron chi connectivity index (χ4n) is 5.02. The molecular weight excluding hydrogens is 398 g/mol. The van der Waals surface area contributed by atoms with Gasteiger partial charge in [0.05, 0.1) is 12.2 Å². The van der Waals surface area contributed by atoms with Crippen LogP contribution in [0.5, 0.6) is 0 Å². The molecule has 0 aromatic carbocycles. The van der Waals surface area contributed by atoms with Crippen molar-refractivity contribution in [2.45, 2.75) is 83.3 Å². The summed E-state index contributed by atoms with van der Waals surface area (Å²) in [4.78, 5) is 10.8. The summed E-state index contributed by atoms with van der Waals surface area (Å²) in [5, 5.41) is 31.5. The first-order valence-electron chi connectivity index (χ1n) is 11.1. The average Bonchev–Trinajstić information content (AvgIpc) is 3.08. The molecule has 0 aromatic rings. The number of hydrogen-bond donors (Lipinski definition) is 2. The molecule has 0 amide bonds. The summed E-state index contributed by atoms with van der Waals surface area (Å²) >= 11 is 0. The number of ether oxygens (including phenoxy) is 1. The first-order valence-corrected chi connectivity index (χ1v) is 11.1. The number of carboxylic acids is 1.